The lowest BCUT2D eigenvalue weighted by atomic mass is 10.0. The molecule has 0 unspecified atom stereocenters. The zero-order chi connectivity index (χ0) is 22.7. The molecule has 8 nitrogen and oxygen atoms in total. The average Bonchev–Trinajstić information content (AvgIpc) is 3.15. The average molecular weight is 424 g/mol. The molecule has 4 rings (SSSR count). The highest BCUT2D eigenvalue weighted by Gasteiger charge is 2.11. The fourth-order valence-corrected chi connectivity index (χ4v) is 3.54. The zero-order valence-electron chi connectivity index (χ0n) is 16.7. The molecule has 1 aromatic heterocycles. The van der Waals surface area contributed by atoms with E-state index in [1.54, 1.807) is 30.3 Å². The minimum atomic E-state index is -0.481. The molecule has 0 saturated carbocycles. The Morgan fingerprint density at radius 2 is 1.50 bits per heavy atom. The van der Waals surface area contributed by atoms with Gasteiger partial charge in [-0.05, 0) is 35.4 Å². The predicted octanol–water partition coefficient (Wildman–Crippen LogP) is 5.57. The molecule has 0 N–H and O–H groups in total. The van der Waals surface area contributed by atoms with Crippen molar-refractivity contribution in [1.82, 2.24) is 4.57 Å². The first-order valence-corrected chi connectivity index (χ1v) is 9.64. The maximum Gasteiger partial charge on any atom is 0.269 e. The summed E-state index contributed by atoms with van der Waals surface area (Å²) in [6.07, 6.45) is 3.69. The van der Waals surface area contributed by atoms with Crippen molar-refractivity contribution in [2.24, 2.45) is 0 Å². The number of hydrogen-bond donors (Lipinski definition) is 0. The van der Waals surface area contributed by atoms with Crippen LogP contribution in [0.15, 0.2) is 79.0 Å². The second-order valence-corrected chi connectivity index (χ2v) is 7.13. The molecule has 0 aliphatic carbocycles. The predicted molar refractivity (Wildman–Crippen MR) is 121 cm³/mol. The van der Waals surface area contributed by atoms with E-state index in [1.807, 2.05) is 35.0 Å². The van der Waals surface area contributed by atoms with Gasteiger partial charge in [0.15, 0.2) is 0 Å². The number of rotatable bonds is 6. The number of nitro groups is 2. The SMILES string of the molecule is N#C/C(=C/c1cn(Cc2ccc([N+](=O)[O-])cc2)c2ccccc12)c1ccc([N+](=O)[O-])cc1. The highest BCUT2D eigenvalue weighted by molar-refractivity contribution is 5.98. The molecule has 0 atom stereocenters. The highest BCUT2D eigenvalue weighted by Crippen LogP contribution is 2.28. The lowest BCUT2D eigenvalue weighted by Crippen LogP contribution is -1.98. The number of non-ortho nitro benzene ring substituents is 2. The number of aromatic nitrogens is 1. The van der Waals surface area contributed by atoms with Gasteiger partial charge in [-0.2, -0.15) is 5.26 Å². The summed E-state index contributed by atoms with van der Waals surface area (Å²) in [5, 5.41) is 32.4. The Kier molecular flexibility index (Phi) is 5.47. The number of hydrogen-bond acceptors (Lipinski definition) is 5. The van der Waals surface area contributed by atoms with Gasteiger partial charge in [-0.1, -0.05) is 30.3 Å². The number of para-hydroxylation sites is 1. The van der Waals surface area contributed by atoms with Gasteiger partial charge in [0, 0.05) is 53.5 Å². The number of fused-ring (bicyclic) bond motifs is 1. The van der Waals surface area contributed by atoms with Crippen molar-refractivity contribution in [3.05, 3.63) is 116 Å². The van der Waals surface area contributed by atoms with Gasteiger partial charge in [0.2, 0.25) is 0 Å². The number of benzene rings is 3. The van der Waals surface area contributed by atoms with Crippen LogP contribution in [0.4, 0.5) is 11.4 Å². The topological polar surface area (TPSA) is 115 Å². The van der Waals surface area contributed by atoms with E-state index in [0.29, 0.717) is 17.7 Å². The molecule has 0 amide bonds. The molecular formula is C24H16N4O4. The molecule has 0 aliphatic rings. The van der Waals surface area contributed by atoms with E-state index < -0.39 is 9.85 Å². The number of nitriles is 1. The number of allylic oxidation sites excluding steroid dienone is 1. The van der Waals surface area contributed by atoms with Crippen LogP contribution in [-0.2, 0) is 6.54 Å². The number of nitrogens with zero attached hydrogens (tertiary/aromatic N) is 4. The Morgan fingerprint density at radius 1 is 0.906 bits per heavy atom. The summed E-state index contributed by atoms with van der Waals surface area (Å²) in [4.78, 5) is 20.9. The van der Waals surface area contributed by atoms with Crippen LogP contribution >= 0.6 is 0 Å². The van der Waals surface area contributed by atoms with Gasteiger partial charge in [0.05, 0.1) is 21.5 Å². The van der Waals surface area contributed by atoms with Gasteiger partial charge in [0.25, 0.3) is 11.4 Å². The van der Waals surface area contributed by atoms with E-state index in [-0.39, 0.29) is 11.4 Å². The van der Waals surface area contributed by atoms with E-state index in [1.165, 1.54) is 24.3 Å². The van der Waals surface area contributed by atoms with Crippen molar-refractivity contribution in [2.75, 3.05) is 0 Å². The Bertz CT molecular complexity index is 1390. The first-order valence-electron chi connectivity index (χ1n) is 9.64. The molecule has 0 bridgehead atoms. The third kappa shape index (κ3) is 4.08. The quantitative estimate of drug-likeness (QED) is 0.228. The minimum absolute atomic E-state index is 0.0364. The van der Waals surface area contributed by atoms with Crippen molar-refractivity contribution < 1.29 is 9.85 Å². The highest BCUT2D eigenvalue weighted by atomic mass is 16.6. The summed E-state index contributed by atoms with van der Waals surface area (Å²) in [5.74, 6) is 0. The molecule has 32 heavy (non-hydrogen) atoms. The summed E-state index contributed by atoms with van der Waals surface area (Å²) in [6, 6.07) is 22.2. The van der Waals surface area contributed by atoms with Crippen LogP contribution in [0.25, 0.3) is 22.6 Å². The van der Waals surface area contributed by atoms with Crippen molar-refractivity contribution in [2.45, 2.75) is 6.54 Å². The van der Waals surface area contributed by atoms with Gasteiger partial charge in [-0.15, -0.1) is 0 Å². The van der Waals surface area contributed by atoms with Crippen molar-refractivity contribution in [1.29, 1.82) is 5.26 Å². The Hall–Kier alpha value is -4.77. The Balaban J connectivity index is 1.72. The summed E-state index contributed by atoms with van der Waals surface area (Å²) in [6.45, 7) is 0.506. The Morgan fingerprint density at radius 3 is 2.09 bits per heavy atom. The molecule has 3 aromatic carbocycles. The van der Waals surface area contributed by atoms with Crippen LogP contribution in [0, 0.1) is 31.6 Å². The van der Waals surface area contributed by atoms with E-state index in [0.717, 1.165) is 22.0 Å². The van der Waals surface area contributed by atoms with E-state index in [4.69, 9.17) is 0 Å². The molecule has 1 heterocycles. The van der Waals surface area contributed by atoms with Gasteiger partial charge >= 0.3 is 0 Å². The first kappa shape index (κ1) is 20.5. The monoisotopic (exact) mass is 424 g/mol. The van der Waals surface area contributed by atoms with E-state index in [9.17, 15) is 25.5 Å². The molecule has 0 saturated heterocycles. The van der Waals surface area contributed by atoms with Crippen molar-refractivity contribution in [3.8, 4) is 6.07 Å². The van der Waals surface area contributed by atoms with Crippen molar-refractivity contribution >= 4 is 33.9 Å². The fourth-order valence-electron chi connectivity index (χ4n) is 3.54. The zero-order valence-corrected chi connectivity index (χ0v) is 16.7. The summed E-state index contributed by atoms with van der Waals surface area (Å²) in [5.41, 5.74) is 3.67. The third-order valence-corrected chi connectivity index (χ3v) is 5.13. The maximum atomic E-state index is 10.9. The maximum absolute atomic E-state index is 10.9. The largest absolute Gasteiger partial charge is 0.342 e. The van der Waals surface area contributed by atoms with Crippen LogP contribution in [-0.4, -0.2) is 14.4 Å². The van der Waals surface area contributed by atoms with E-state index >= 15 is 0 Å². The molecule has 0 fully saturated rings. The minimum Gasteiger partial charge on any atom is -0.342 e. The standard InChI is InChI=1S/C24H16N4O4/c25-14-19(18-7-11-22(12-8-18)28(31)32)13-20-16-26(24-4-2-1-3-23(20)24)15-17-5-9-21(10-6-17)27(29)30/h1-13,16H,15H2/b19-13-. The summed E-state index contributed by atoms with van der Waals surface area (Å²) >= 11 is 0. The molecule has 0 aliphatic heterocycles. The normalized spacial score (nSPS) is 11.3. The van der Waals surface area contributed by atoms with Crippen molar-refractivity contribution in [3.63, 3.8) is 0 Å². The van der Waals surface area contributed by atoms with Crippen LogP contribution in [0.2, 0.25) is 0 Å². The molecule has 0 radical (unpaired) electrons. The number of nitro benzene ring substituents is 2. The fraction of sp³-hybridized carbons (Fsp3) is 0.0417. The van der Waals surface area contributed by atoms with E-state index in [2.05, 4.69) is 6.07 Å². The molecule has 156 valence electrons. The molecular weight excluding hydrogens is 408 g/mol. The third-order valence-electron chi connectivity index (χ3n) is 5.13. The van der Waals surface area contributed by atoms with Gasteiger partial charge in [0.1, 0.15) is 0 Å². The lowest BCUT2D eigenvalue weighted by Gasteiger charge is -2.05. The van der Waals surface area contributed by atoms with Crippen LogP contribution in [0.1, 0.15) is 16.7 Å². The second-order valence-electron chi connectivity index (χ2n) is 7.13. The summed E-state index contributed by atoms with van der Waals surface area (Å²) in [7, 11) is 0. The smallest absolute Gasteiger partial charge is 0.269 e. The van der Waals surface area contributed by atoms with Gasteiger partial charge in [-0.3, -0.25) is 20.2 Å². The first-order chi connectivity index (χ1) is 15.5. The second kappa shape index (κ2) is 8.53. The van der Waals surface area contributed by atoms with Crippen LogP contribution < -0.4 is 0 Å². The van der Waals surface area contributed by atoms with Crippen LogP contribution in [0.3, 0.4) is 0 Å². The van der Waals surface area contributed by atoms with Gasteiger partial charge < -0.3 is 4.57 Å². The summed E-state index contributed by atoms with van der Waals surface area (Å²) < 4.78 is 2.02. The van der Waals surface area contributed by atoms with Gasteiger partial charge in [-0.25, -0.2) is 0 Å². The Labute approximate surface area is 182 Å². The van der Waals surface area contributed by atoms with Crippen LogP contribution in [0.5, 0.6) is 0 Å². The molecule has 4 aromatic rings. The molecule has 8 heteroatoms. The lowest BCUT2D eigenvalue weighted by molar-refractivity contribution is -0.385. The molecule has 0 spiro atoms.